The highest BCUT2D eigenvalue weighted by Gasteiger charge is 2.30. The summed E-state index contributed by atoms with van der Waals surface area (Å²) in [6, 6.07) is 11.2. The predicted molar refractivity (Wildman–Crippen MR) is 100.0 cm³/mol. The van der Waals surface area contributed by atoms with E-state index in [0.29, 0.717) is 16.9 Å². The molecule has 0 saturated carbocycles. The molecule has 8 nitrogen and oxygen atoms in total. The number of nitrogens with zero attached hydrogens (tertiary/aromatic N) is 2. The van der Waals surface area contributed by atoms with Crippen molar-refractivity contribution in [1.29, 1.82) is 0 Å². The third-order valence-electron chi connectivity index (χ3n) is 4.43. The number of para-hydroxylation sites is 2. The summed E-state index contributed by atoms with van der Waals surface area (Å²) < 4.78 is 5.57. The van der Waals surface area contributed by atoms with Crippen molar-refractivity contribution in [2.24, 2.45) is 0 Å². The van der Waals surface area contributed by atoms with Crippen LogP contribution in [0.15, 0.2) is 42.5 Å². The van der Waals surface area contributed by atoms with Gasteiger partial charge in [-0.25, -0.2) is 0 Å². The second-order valence-electron chi connectivity index (χ2n) is 6.33. The molecule has 2 amide bonds. The number of hydrogen-bond acceptors (Lipinski definition) is 5. The number of nitro groups is 1. The van der Waals surface area contributed by atoms with Crippen LogP contribution < -0.4 is 15.0 Å². The van der Waals surface area contributed by atoms with Crippen LogP contribution in [0.1, 0.15) is 18.9 Å². The molecule has 1 unspecified atom stereocenters. The lowest BCUT2D eigenvalue weighted by molar-refractivity contribution is -0.385. The van der Waals surface area contributed by atoms with Crippen LogP contribution in [0.3, 0.4) is 0 Å². The Morgan fingerprint density at radius 1 is 1.30 bits per heavy atom. The number of anilines is 2. The number of ether oxygens (including phenoxy) is 1. The molecule has 2 aromatic carbocycles. The summed E-state index contributed by atoms with van der Waals surface area (Å²) in [7, 11) is 0. The number of nitrogens with one attached hydrogen (secondary N) is 1. The van der Waals surface area contributed by atoms with Gasteiger partial charge < -0.3 is 15.0 Å². The van der Waals surface area contributed by atoms with Gasteiger partial charge in [-0.2, -0.15) is 0 Å². The minimum absolute atomic E-state index is 0.0665. The molecule has 1 heterocycles. The number of amides is 2. The third-order valence-corrected chi connectivity index (χ3v) is 4.43. The van der Waals surface area contributed by atoms with Gasteiger partial charge in [0.05, 0.1) is 21.9 Å². The second-order valence-corrected chi connectivity index (χ2v) is 6.33. The Labute approximate surface area is 155 Å². The second kappa shape index (κ2) is 7.45. The molecule has 140 valence electrons. The first-order valence-electron chi connectivity index (χ1n) is 8.46. The fraction of sp³-hybridized carbons (Fsp3) is 0.263. The van der Waals surface area contributed by atoms with Gasteiger partial charge in [0.25, 0.3) is 11.6 Å². The first-order valence-corrected chi connectivity index (χ1v) is 8.46. The molecule has 1 aliphatic rings. The molecule has 27 heavy (non-hydrogen) atoms. The fourth-order valence-electron chi connectivity index (χ4n) is 3.13. The maximum atomic E-state index is 12.9. The van der Waals surface area contributed by atoms with Crippen molar-refractivity contribution in [3.63, 3.8) is 0 Å². The van der Waals surface area contributed by atoms with Crippen LogP contribution >= 0.6 is 0 Å². The highest BCUT2D eigenvalue weighted by molar-refractivity contribution is 6.04. The quantitative estimate of drug-likeness (QED) is 0.659. The van der Waals surface area contributed by atoms with Gasteiger partial charge in [-0.1, -0.05) is 18.2 Å². The molecule has 1 atom stereocenters. The molecule has 3 rings (SSSR count). The molecule has 0 bridgehead atoms. The van der Waals surface area contributed by atoms with Crippen molar-refractivity contribution in [2.75, 3.05) is 16.8 Å². The van der Waals surface area contributed by atoms with E-state index >= 15 is 0 Å². The van der Waals surface area contributed by atoms with Crippen LogP contribution in [0.4, 0.5) is 17.1 Å². The van der Waals surface area contributed by atoms with Crippen LogP contribution in [-0.2, 0) is 9.59 Å². The number of hydrogen-bond donors (Lipinski definition) is 1. The monoisotopic (exact) mass is 369 g/mol. The van der Waals surface area contributed by atoms with Gasteiger partial charge in [0.1, 0.15) is 5.75 Å². The van der Waals surface area contributed by atoms with Crippen molar-refractivity contribution < 1.29 is 19.2 Å². The van der Waals surface area contributed by atoms with Crippen LogP contribution in [0.2, 0.25) is 0 Å². The Bertz CT molecular complexity index is 912. The Morgan fingerprint density at radius 3 is 2.78 bits per heavy atom. The lowest BCUT2D eigenvalue weighted by atomic mass is 10.1. The van der Waals surface area contributed by atoms with Crippen molar-refractivity contribution in [2.45, 2.75) is 26.3 Å². The molecular formula is C19H19N3O5. The zero-order chi connectivity index (χ0) is 19.6. The molecular weight excluding hydrogens is 350 g/mol. The normalized spacial score (nSPS) is 16.1. The van der Waals surface area contributed by atoms with Crippen LogP contribution in [0.25, 0.3) is 0 Å². The van der Waals surface area contributed by atoms with E-state index in [1.807, 2.05) is 0 Å². The highest BCUT2D eigenvalue weighted by Crippen LogP contribution is 2.32. The SMILES string of the molecule is Cc1c(OCC(=O)N2c3ccccc3NC(=O)CC2C)cccc1[N+](=O)[O-]. The first kappa shape index (κ1) is 18.4. The molecule has 0 saturated heterocycles. The summed E-state index contributed by atoms with van der Waals surface area (Å²) >= 11 is 0. The van der Waals surface area contributed by atoms with Crippen molar-refractivity contribution >= 4 is 28.9 Å². The summed E-state index contributed by atoms with van der Waals surface area (Å²) in [5.41, 5.74) is 1.45. The number of carbonyl (C=O) groups is 2. The Kier molecular flexibility index (Phi) is 5.07. The van der Waals surface area contributed by atoms with E-state index < -0.39 is 4.92 Å². The van der Waals surface area contributed by atoms with Gasteiger partial charge in [-0.3, -0.25) is 19.7 Å². The molecule has 1 aliphatic heterocycles. The first-order chi connectivity index (χ1) is 12.9. The van der Waals surface area contributed by atoms with Crippen molar-refractivity contribution in [1.82, 2.24) is 0 Å². The van der Waals surface area contributed by atoms with Crippen LogP contribution in [0, 0.1) is 17.0 Å². The van der Waals surface area contributed by atoms with E-state index in [1.165, 1.54) is 17.0 Å². The standard InChI is InChI=1S/C19H19N3O5/c1-12-10-18(23)20-14-6-3-4-7-16(14)21(12)19(24)11-27-17-9-5-8-15(13(17)2)22(25)26/h3-9,12H,10-11H2,1-2H3,(H,20,23). The number of nitro benzene ring substituents is 1. The highest BCUT2D eigenvalue weighted by atomic mass is 16.6. The summed E-state index contributed by atoms with van der Waals surface area (Å²) in [6.45, 7) is 3.07. The molecule has 0 radical (unpaired) electrons. The zero-order valence-electron chi connectivity index (χ0n) is 15.0. The maximum Gasteiger partial charge on any atom is 0.276 e. The number of fused-ring (bicyclic) bond motifs is 1. The Balaban J connectivity index is 1.83. The van der Waals surface area contributed by atoms with Crippen LogP contribution in [-0.4, -0.2) is 29.4 Å². The maximum absolute atomic E-state index is 12.9. The summed E-state index contributed by atoms with van der Waals surface area (Å²) in [6.07, 6.45) is 0.163. The fourth-order valence-corrected chi connectivity index (χ4v) is 3.13. The van der Waals surface area contributed by atoms with Gasteiger partial charge >= 0.3 is 0 Å². The minimum atomic E-state index is -0.492. The lowest BCUT2D eigenvalue weighted by Crippen LogP contribution is -2.41. The van der Waals surface area contributed by atoms with Crippen LogP contribution in [0.5, 0.6) is 5.75 Å². The average Bonchev–Trinajstić information content (AvgIpc) is 2.74. The molecule has 2 aromatic rings. The van der Waals surface area contributed by atoms with Crippen molar-refractivity contribution in [3.05, 3.63) is 58.1 Å². The number of rotatable bonds is 4. The zero-order valence-corrected chi connectivity index (χ0v) is 15.0. The van der Waals surface area contributed by atoms with E-state index in [4.69, 9.17) is 4.74 Å². The molecule has 1 N–H and O–H groups in total. The largest absolute Gasteiger partial charge is 0.483 e. The number of benzene rings is 2. The summed E-state index contributed by atoms with van der Waals surface area (Å²) in [5.74, 6) is -0.222. The van der Waals surface area contributed by atoms with Gasteiger partial charge in [-0.05, 0) is 32.0 Å². The predicted octanol–water partition coefficient (Wildman–Crippen LogP) is 3.05. The van der Waals surface area contributed by atoms with E-state index in [1.54, 1.807) is 44.2 Å². The summed E-state index contributed by atoms with van der Waals surface area (Å²) in [5, 5.41) is 13.8. The number of carbonyl (C=O) groups excluding carboxylic acids is 2. The van der Waals surface area contributed by atoms with Crippen molar-refractivity contribution in [3.8, 4) is 5.75 Å². The van der Waals surface area contributed by atoms with E-state index in [0.717, 1.165) is 0 Å². The van der Waals surface area contributed by atoms with E-state index in [-0.39, 0.29) is 42.3 Å². The lowest BCUT2D eigenvalue weighted by Gasteiger charge is -2.27. The molecule has 8 heteroatoms. The molecule has 0 aromatic heterocycles. The minimum Gasteiger partial charge on any atom is -0.483 e. The molecule has 0 aliphatic carbocycles. The van der Waals surface area contributed by atoms with Gasteiger partial charge in [0, 0.05) is 18.5 Å². The van der Waals surface area contributed by atoms with E-state index in [2.05, 4.69) is 5.32 Å². The average molecular weight is 369 g/mol. The topological polar surface area (TPSA) is 102 Å². The summed E-state index contributed by atoms with van der Waals surface area (Å²) in [4.78, 5) is 36.9. The molecule has 0 spiro atoms. The van der Waals surface area contributed by atoms with Gasteiger partial charge in [-0.15, -0.1) is 0 Å². The Morgan fingerprint density at radius 2 is 2.04 bits per heavy atom. The Hall–Kier alpha value is -3.42. The third kappa shape index (κ3) is 3.74. The smallest absolute Gasteiger partial charge is 0.276 e. The van der Waals surface area contributed by atoms with E-state index in [9.17, 15) is 19.7 Å². The molecule has 0 fully saturated rings. The van der Waals surface area contributed by atoms with Gasteiger partial charge in [0.15, 0.2) is 6.61 Å². The van der Waals surface area contributed by atoms with Gasteiger partial charge in [0.2, 0.25) is 5.91 Å².